The number of rotatable bonds is 13. The molecule has 0 aliphatic rings. The minimum Gasteiger partial charge on any atom is -0.492 e. The maximum absolute atomic E-state index is 13.1. The molecule has 0 radical (unpaired) electrons. The number of hydrogen-bond donors (Lipinski definition) is 2. The van der Waals surface area contributed by atoms with Crippen molar-refractivity contribution in [2.45, 2.75) is 38.8 Å². The summed E-state index contributed by atoms with van der Waals surface area (Å²) in [5.41, 5.74) is 1.97. The Morgan fingerprint density at radius 2 is 1.54 bits per heavy atom. The molecule has 0 aromatic heterocycles. The molecule has 8 nitrogen and oxygen atoms in total. The van der Waals surface area contributed by atoms with Gasteiger partial charge in [0.1, 0.15) is 24.0 Å². The number of methoxy groups -OCH3 is 1. The molecule has 2 N–H and O–H groups in total. The van der Waals surface area contributed by atoms with Crippen LogP contribution in [0.1, 0.15) is 42.3 Å². The Morgan fingerprint density at radius 3 is 2.21 bits per heavy atom. The molecule has 3 aromatic carbocycles. The lowest BCUT2D eigenvalue weighted by Gasteiger charge is -2.20. The summed E-state index contributed by atoms with van der Waals surface area (Å²) in [5.74, 6) is -0.218. The first-order valence-electron chi connectivity index (χ1n) is 12.8. The lowest BCUT2D eigenvalue weighted by molar-refractivity contribution is -0.153. The second kappa shape index (κ2) is 14.1. The minimum absolute atomic E-state index is 0.113. The first-order valence-corrected chi connectivity index (χ1v) is 12.8. The molecule has 0 heterocycles. The smallest absolute Gasteiger partial charge is 0.328 e. The molecule has 3 aromatic rings. The van der Waals surface area contributed by atoms with E-state index in [4.69, 9.17) is 14.2 Å². The third-order valence-electron chi connectivity index (χ3n) is 5.62. The van der Waals surface area contributed by atoms with Crippen molar-refractivity contribution >= 4 is 23.4 Å². The van der Waals surface area contributed by atoms with Crippen molar-refractivity contribution in [1.29, 1.82) is 0 Å². The van der Waals surface area contributed by atoms with Gasteiger partial charge in [-0.15, -0.1) is 0 Å². The van der Waals surface area contributed by atoms with Crippen LogP contribution in [-0.4, -0.2) is 56.2 Å². The summed E-state index contributed by atoms with van der Waals surface area (Å²) in [6.07, 6.45) is 0.345. The van der Waals surface area contributed by atoms with E-state index in [1.807, 2.05) is 69.3 Å². The normalized spacial score (nSPS) is 11.8. The third-order valence-corrected chi connectivity index (χ3v) is 5.62. The van der Waals surface area contributed by atoms with Gasteiger partial charge in [0.25, 0.3) is 0 Å². The number of hydrogen-bond acceptors (Lipinski definition) is 8. The van der Waals surface area contributed by atoms with Crippen LogP contribution in [0.5, 0.6) is 5.75 Å². The maximum atomic E-state index is 13.1. The Morgan fingerprint density at radius 1 is 0.872 bits per heavy atom. The lowest BCUT2D eigenvalue weighted by atomic mass is 10.00. The number of carbonyl (C=O) groups excluding carboxylic acids is 3. The molecule has 206 valence electrons. The van der Waals surface area contributed by atoms with Crippen LogP contribution in [0, 0.1) is 0 Å². The van der Waals surface area contributed by atoms with Crippen LogP contribution in [0.4, 0.5) is 5.69 Å². The van der Waals surface area contributed by atoms with Crippen LogP contribution in [-0.2, 0) is 25.5 Å². The van der Waals surface area contributed by atoms with E-state index >= 15 is 0 Å². The molecule has 0 bridgehead atoms. The fourth-order valence-corrected chi connectivity index (χ4v) is 3.84. The average Bonchev–Trinajstić information content (AvgIpc) is 2.92. The zero-order valence-electron chi connectivity index (χ0n) is 22.9. The minimum atomic E-state index is -0.705. The van der Waals surface area contributed by atoms with E-state index in [0.29, 0.717) is 42.1 Å². The zero-order valence-corrected chi connectivity index (χ0v) is 22.9. The van der Waals surface area contributed by atoms with Crippen molar-refractivity contribution in [3.8, 4) is 5.75 Å². The lowest BCUT2D eigenvalue weighted by Crippen LogP contribution is -2.33. The fourth-order valence-electron chi connectivity index (χ4n) is 3.84. The van der Waals surface area contributed by atoms with Crippen LogP contribution in [0.15, 0.2) is 78.9 Å². The summed E-state index contributed by atoms with van der Waals surface area (Å²) in [4.78, 5) is 37.5. The Kier molecular flexibility index (Phi) is 10.6. The molecule has 0 unspecified atom stereocenters. The van der Waals surface area contributed by atoms with Gasteiger partial charge in [0.05, 0.1) is 13.7 Å². The number of ether oxygens (including phenoxy) is 3. The Labute approximate surface area is 229 Å². The van der Waals surface area contributed by atoms with Gasteiger partial charge in [-0.05, 0) is 50.6 Å². The molecular weight excluding hydrogens is 496 g/mol. The number of anilines is 1. The highest BCUT2D eigenvalue weighted by Crippen LogP contribution is 2.22. The van der Waals surface area contributed by atoms with Crippen molar-refractivity contribution in [3.05, 3.63) is 95.6 Å². The van der Waals surface area contributed by atoms with Crippen molar-refractivity contribution in [3.63, 3.8) is 0 Å². The Bertz CT molecular complexity index is 1240. The molecule has 8 heteroatoms. The van der Waals surface area contributed by atoms with Crippen molar-refractivity contribution < 1.29 is 28.6 Å². The molecule has 0 spiro atoms. The number of nitrogens with one attached hydrogen (secondary N) is 2. The predicted molar refractivity (Wildman–Crippen MR) is 150 cm³/mol. The van der Waals surface area contributed by atoms with Gasteiger partial charge in [-0.3, -0.25) is 9.59 Å². The van der Waals surface area contributed by atoms with Crippen LogP contribution < -0.4 is 15.4 Å². The van der Waals surface area contributed by atoms with E-state index in [1.54, 1.807) is 30.3 Å². The van der Waals surface area contributed by atoms with Gasteiger partial charge >= 0.3 is 11.9 Å². The molecule has 0 saturated heterocycles. The van der Waals surface area contributed by atoms with Gasteiger partial charge in [0.2, 0.25) is 0 Å². The molecule has 0 fully saturated rings. The molecule has 1 atom stereocenters. The van der Waals surface area contributed by atoms with Gasteiger partial charge in [0.15, 0.2) is 5.78 Å². The predicted octanol–water partition coefficient (Wildman–Crippen LogP) is 4.42. The maximum Gasteiger partial charge on any atom is 0.328 e. The second-order valence-corrected chi connectivity index (χ2v) is 9.92. The van der Waals surface area contributed by atoms with E-state index in [0.717, 1.165) is 5.56 Å². The highest BCUT2D eigenvalue weighted by atomic mass is 16.6. The Hall–Kier alpha value is -4.17. The molecular formula is C31H36N2O6. The largest absolute Gasteiger partial charge is 0.492 e. The standard InChI is InChI=1S/C31H36N2O6/c1-31(2,3)39-28(34)21-32-18-19-38-24-16-14-22(15-17-24)20-27(30(36)37-4)33-26-13-9-8-12-25(26)29(35)23-10-6-5-7-11-23/h5-17,27,32-33H,18-21H2,1-4H3/t27-/m0/s1. The molecule has 0 amide bonds. The van der Waals surface area contributed by atoms with Crippen molar-refractivity contribution in [2.75, 3.05) is 32.1 Å². The van der Waals surface area contributed by atoms with E-state index < -0.39 is 17.6 Å². The van der Waals surface area contributed by atoms with Gasteiger partial charge < -0.3 is 24.8 Å². The van der Waals surface area contributed by atoms with Crippen LogP contribution in [0.2, 0.25) is 0 Å². The number of para-hydroxylation sites is 1. The summed E-state index contributed by atoms with van der Waals surface area (Å²) in [6, 6.07) is 22.8. The number of carbonyl (C=O) groups is 3. The molecule has 0 aliphatic heterocycles. The summed E-state index contributed by atoms with van der Waals surface area (Å²) < 4.78 is 16.0. The first kappa shape index (κ1) is 29.4. The zero-order chi connectivity index (χ0) is 28.3. The van der Waals surface area contributed by atoms with Crippen molar-refractivity contribution in [2.24, 2.45) is 0 Å². The summed E-state index contributed by atoms with van der Waals surface area (Å²) in [7, 11) is 1.34. The average molecular weight is 533 g/mol. The van der Waals surface area contributed by atoms with Gasteiger partial charge in [-0.1, -0.05) is 54.6 Å². The number of esters is 2. The van der Waals surface area contributed by atoms with Gasteiger partial charge in [-0.25, -0.2) is 4.79 Å². The van der Waals surface area contributed by atoms with Crippen LogP contribution >= 0.6 is 0 Å². The molecule has 3 rings (SSSR count). The number of benzene rings is 3. The highest BCUT2D eigenvalue weighted by Gasteiger charge is 2.22. The monoisotopic (exact) mass is 532 g/mol. The molecule has 0 saturated carbocycles. The summed E-state index contributed by atoms with van der Waals surface area (Å²) in [5, 5.41) is 6.21. The number of ketones is 1. The summed E-state index contributed by atoms with van der Waals surface area (Å²) >= 11 is 0. The summed E-state index contributed by atoms with van der Waals surface area (Å²) in [6.45, 7) is 6.45. The van der Waals surface area contributed by atoms with Crippen LogP contribution in [0.25, 0.3) is 0 Å². The third kappa shape index (κ3) is 9.57. The Balaban J connectivity index is 1.58. The fraction of sp³-hybridized carbons (Fsp3) is 0.323. The topological polar surface area (TPSA) is 103 Å². The molecule has 39 heavy (non-hydrogen) atoms. The second-order valence-electron chi connectivity index (χ2n) is 9.92. The van der Waals surface area contributed by atoms with Crippen LogP contribution in [0.3, 0.4) is 0 Å². The van der Waals surface area contributed by atoms with Gasteiger partial charge in [0, 0.05) is 29.8 Å². The highest BCUT2D eigenvalue weighted by molar-refractivity contribution is 6.12. The first-order chi connectivity index (χ1) is 18.7. The van der Waals surface area contributed by atoms with Gasteiger partial charge in [-0.2, -0.15) is 0 Å². The SMILES string of the molecule is COC(=O)[C@H](Cc1ccc(OCCNCC(=O)OC(C)(C)C)cc1)Nc1ccccc1C(=O)c1ccccc1. The molecule has 0 aliphatic carbocycles. The quantitative estimate of drug-likeness (QED) is 0.189. The van der Waals surface area contributed by atoms with E-state index in [-0.39, 0.29) is 18.3 Å². The van der Waals surface area contributed by atoms with E-state index in [9.17, 15) is 14.4 Å². The van der Waals surface area contributed by atoms with E-state index in [1.165, 1.54) is 7.11 Å². The van der Waals surface area contributed by atoms with E-state index in [2.05, 4.69) is 10.6 Å². The van der Waals surface area contributed by atoms with Crippen molar-refractivity contribution in [1.82, 2.24) is 5.32 Å².